The summed E-state index contributed by atoms with van der Waals surface area (Å²) in [7, 11) is 0. The van der Waals surface area contributed by atoms with Gasteiger partial charge in [0.25, 0.3) is 0 Å². The summed E-state index contributed by atoms with van der Waals surface area (Å²) >= 11 is 0. The zero-order valence-electron chi connectivity index (χ0n) is 9.98. The van der Waals surface area contributed by atoms with E-state index in [1.807, 2.05) is 19.1 Å². The summed E-state index contributed by atoms with van der Waals surface area (Å²) in [6, 6.07) is 5.86. The van der Waals surface area contributed by atoms with Crippen LogP contribution in [0.5, 0.6) is 5.75 Å². The summed E-state index contributed by atoms with van der Waals surface area (Å²) in [4.78, 5) is 2.35. The number of nitrogens with zero attached hydrogens (tertiary/aromatic N) is 1. The van der Waals surface area contributed by atoms with E-state index < -0.39 is 0 Å². The zero-order valence-corrected chi connectivity index (χ0v) is 9.98. The summed E-state index contributed by atoms with van der Waals surface area (Å²) in [6.45, 7) is 6.23. The van der Waals surface area contributed by atoms with Crippen LogP contribution in [0, 0.1) is 0 Å². The molecule has 1 aromatic rings. The van der Waals surface area contributed by atoms with Crippen LogP contribution in [0.3, 0.4) is 0 Å². The maximum Gasteiger partial charge on any atom is 0.116 e. The molecule has 0 radical (unpaired) electrons. The largest absolute Gasteiger partial charge is 0.508 e. The van der Waals surface area contributed by atoms with Crippen LogP contribution < -0.4 is 10.6 Å². The Labute approximate surface area is 96.9 Å². The third-order valence-electron chi connectivity index (χ3n) is 3.27. The van der Waals surface area contributed by atoms with E-state index in [2.05, 4.69) is 11.8 Å². The first kappa shape index (κ1) is 11.3. The van der Waals surface area contributed by atoms with Gasteiger partial charge in [0.1, 0.15) is 5.75 Å². The Bertz CT molecular complexity index is 376. The van der Waals surface area contributed by atoms with Gasteiger partial charge in [-0.3, -0.25) is 0 Å². The van der Waals surface area contributed by atoms with Gasteiger partial charge >= 0.3 is 0 Å². The minimum Gasteiger partial charge on any atom is -0.508 e. The lowest BCUT2D eigenvalue weighted by atomic mass is 9.95. The second-order valence-electron chi connectivity index (χ2n) is 4.69. The zero-order chi connectivity index (χ0) is 11.7. The number of phenols is 1. The number of anilines is 1. The van der Waals surface area contributed by atoms with Gasteiger partial charge in [-0.05, 0) is 44.0 Å². The molecule has 0 amide bonds. The maximum atomic E-state index is 9.56. The Kier molecular flexibility index (Phi) is 3.06. The highest BCUT2D eigenvalue weighted by molar-refractivity contribution is 5.62. The van der Waals surface area contributed by atoms with Gasteiger partial charge in [-0.15, -0.1) is 0 Å². The molecule has 0 bridgehead atoms. The summed E-state index contributed by atoms with van der Waals surface area (Å²) in [6.07, 6.45) is 0.979. The van der Waals surface area contributed by atoms with Gasteiger partial charge in [0, 0.05) is 30.7 Å². The SMILES string of the molecule is CCN1CC(CC(C)N)c2cc(O)ccc21. The minimum absolute atomic E-state index is 0.206. The number of hydrogen-bond acceptors (Lipinski definition) is 3. The number of hydrogen-bond donors (Lipinski definition) is 2. The molecule has 2 rings (SSSR count). The fourth-order valence-corrected chi connectivity index (χ4v) is 2.57. The van der Waals surface area contributed by atoms with Crippen molar-refractivity contribution in [3.05, 3.63) is 23.8 Å². The van der Waals surface area contributed by atoms with Crippen LogP contribution in [-0.2, 0) is 0 Å². The average Bonchev–Trinajstić information content (AvgIpc) is 2.55. The van der Waals surface area contributed by atoms with E-state index in [0.717, 1.165) is 19.5 Å². The first-order valence-corrected chi connectivity index (χ1v) is 5.95. The Morgan fingerprint density at radius 2 is 2.31 bits per heavy atom. The second kappa shape index (κ2) is 4.34. The summed E-state index contributed by atoms with van der Waals surface area (Å²) < 4.78 is 0. The highest BCUT2D eigenvalue weighted by Crippen LogP contribution is 2.39. The van der Waals surface area contributed by atoms with E-state index in [1.54, 1.807) is 6.07 Å². The molecule has 16 heavy (non-hydrogen) atoms. The van der Waals surface area contributed by atoms with Crippen LogP contribution >= 0.6 is 0 Å². The predicted molar refractivity (Wildman–Crippen MR) is 67.0 cm³/mol. The van der Waals surface area contributed by atoms with Crippen LogP contribution in [0.1, 0.15) is 31.7 Å². The summed E-state index contributed by atoms with van der Waals surface area (Å²) in [5.41, 5.74) is 8.38. The molecule has 1 heterocycles. The van der Waals surface area contributed by atoms with Gasteiger partial charge in [-0.1, -0.05) is 0 Å². The molecule has 1 aliphatic rings. The number of phenolic OH excluding ortho intramolecular Hbond substituents is 1. The molecule has 0 saturated carbocycles. The lowest BCUT2D eigenvalue weighted by Crippen LogP contribution is -2.24. The van der Waals surface area contributed by atoms with E-state index in [1.165, 1.54) is 11.3 Å². The number of nitrogens with two attached hydrogens (primary N) is 1. The second-order valence-corrected chi connectivity index (χ2v) is 4.69. The molecule has 1 aromatic carbocycles. The predicted octanol–water partition coefficient (Wildman–Crippen LogP) is 2.05. The molecule has 0 saturated heterocycles. The standard InChI is InChI=1S/C13H20N2O/c1-3-15-8-10(6-9(2)14)12-7-11(16)4-5-13(12)15/h4-5,7,9-10,16H,3,6,8,14H2,1-2H3. The lowest BCUT2D eigenvalue weighted by Gasteiger charge is -2.17. The van der Waals surface area contributed by atoms with Crippen LogP contribution in [0.2, 0.25) is 0 Å². The van der Waals surface area contributed by atoms with Crippen LogP contribution in [0.15, 0.2) is 18.2 Å². The molecule has 3 nitrogen and oxygen atoms in total. The Morgan fingerprint density at radius 1 is 1.56 bits per heavy atom. The van der Waals surface area contributed by atoms with E-state index >= 15 is 0 Å². The molecule has 2 atom stereocenters. The Hall–Kier alpha value is -1.22. The number of aromatic hydroxyl groups is 1. The van der Waals surface area contributed by atoms with Crippen molar-refractivity contribution in [3.8, 4) is 5.75 Å². The normalized spacial score (nSPS) is 20.9. The van der Waals surface area contributed by atoms with Gasteiger partial charge < -0.3 is 15.7 Å². The first-order chi connectivity index (χ1) is 7.61. The first-order valence-electron chi connectivity index (χ1n) is 5.95. The van der Waals surface area contributed by atoms with Crippen molar-refractivity contribution in [2.75, 3.05) is 18.0 Å². The third-order valence-corrected chi connectivity index (χ3v) is 3.27. The molecule has 1 aliphatic heterocycles. The summed E-state index contributed by atoms with van der Waals surface area (Å²) in [5, 5.41) is 9.56. The van der Waals surface area contributed by atoms with E-state index in [0.29, 0.717) is 11.7 Å². The quantitative estimate of drug-likeness (QED) is 0.819. The van der Waals surface area contributed by atoms with E-state index in [-0.39, 0.29) is 6.04 Å². The van der Waals surface area contributed by atoms with Crippen LogP contribution in [-0.4, -0.2) is 24.2 Å². The monoisotopic (exact) mass is 220 g/mol. The smallest absolute Gasteiger partial charge is 0.116 e. The molecule has 3 heteroatoms. The van der Waals surface area contributed by atoms with E-state index in [4.69, 9.17) is 5.73 Å². The lowest BCUT2D eigenvalue weighted by molar-refractivity contribution is 0.473. The molecular weight excluding hydrogens is 200 g/mol. The van der Waals surface area contributed by atoms with E-state index in [9.17, 15) is 5.11 Å². The number of benzene rings is 1. The highest BCUT2D eigenvalue weighted by Gasteiger charge is 2.28. The van der Waals surface area contributed by atoms with Crippen molar-refractivity contribution in [3.63, 3.8) is 0 Å². The maximum absolute atomic E-state index is 9.56. The van der Waals surface area contributed by atoms with Gasteiger partial charge in [0.15, 0.2) is 0 Å². The van der Waals surface area contributed by atoms with Gasteiger partial charge in [-0.2, -0.15) is 0 Å². The van der Waals surface area contributed by atoms with Crippen molar-refractivity contribution < 1.29 is 5.11 Å². The Balaban J connectivity index is 2.31. The topological polar surface area (TPSA) is 49.5 Å². The molecule has 3 N–H and O–H groups in total. The highest BCUT2D eigenvalue weighted by atomic mass is 16.3. The molecule has 0 aliphatic carbocycles. The van der Waals surface area contributed by atoms with Crippen molar-refractivity contribution in [1.82, 2.24) is 0 Å². The molecule has 0 spiro atoms. The molecule has 0 aromatic heterocycles. The fraction of sp³-hybridized carbons (Fsp3) is 0.538. The van der Waals surface area contributed by atoms with Crippen molar-refractivity contribution in [2.45, 2.75) is 32.2 Å². The Morgan fingerprint density at radius 3 is 2.94 bits per heavy atom. The number of likely N-dealkylation sites (N-methyl/N-ethyl adjacent to an activating group) is 1. The van der Waals surface area contributed by atoms with Gasteiger partial charge in [0.05, 0.1) is 0 Å². The molecule has 0 fully saturated rings. The van der Waals surface area contributed by atoms with Gasteiger partial charge in [0.2, 0.25) is 0 Å². The molecule has 2 unspecified atom stereocenters. The molecular formula is C13H20N2O. The van der Waals surface area contributed by atoms with Crippen molar-refractivity contribution >= 4 is 5.69 Å². The van der Waals surface area contributed by atoms with Crippen LogP contribution in [0.4, 0.5) is 5.69 Å². The summed E-state index contributed by atoms with van der Waals surface area (Å²) in [5.74, 6) is 0.813. The minimum atomic E-state index is 0.206. The molecule has 88 valence electrons. The average molecular weight is 220 g/mol. The van der Waals surface area contributed by atoms with Crippen LogP contribution in [0.25, 0.3) is 0 Å². The number of fused-ring (bicyclic) bond motifs is 1. The number of rotatable bonds is 3. The van der Waals surface area contributed by atoms with Crippen molar-refractivity contribution in [1.29, 1.82) is 0 Å². The van der Waals surface area contributed by atoms with Crippen molar-refractivity contribution in [2.24, 2.45) is 5.73 Å². The third kappa shape index (κ3) is 2.00. The fourth-order valence-electron chi connectivity index (χ4n) is 2.57. The van der Waals surface area contributed by atoms with Gasteiger partial charge in [-0.25, -0.2) is 0 Å².